The van der Waals surface area contributed by atoms with Crippen LogP contribution in [0.2, 0.25) is 0 Å². The molecule has 0 saturated heterocycles. The Labute approximate surface area is 136 Å². The molecule has 0 aliphatic rings. The molecule has 21 heavy (non-hydrogen) atoms. The van der Waals surface area contributed by atoms with Gasteiger partial charge in [-0.3, -0.25) is 0 Å². The minimum absolute atomic E-state index is 0.855. The van der Waals surface area contributed by atoms with Crippen LogP contribution in [0.1, 0.15) is 17.4 Å². The van der Waals surface area contributed by atoms with E-state index in [9.17, 15) is 4.79 Å². The van der Waals surface area contributed by atoms with Gasteiger partial charge in [-0.05, 0) is 42.1 Å². The van der Waals surface area contributed by atoms with Crippen molar-refractivity contribution in [3.63, 3.8) is 0 Å². The van der Waals surface area contributed by atoms with Crippen LogP contribution in [0.25, 0.3) is 6.08 Å². The molecule has 0 fully saturated rings. The van der Waals surface area contributed by atoms with Crippen LogP contribution < -0.4 is 4.90 Å². The van der Waals surface area contributed by atoms with Crippen molar-refractivity contribution in [1.82, 2.24) is 0 Å². The molecule has 2 aromatic rings. The van der Waals surface area contributed by atoms with E-state index in [0.717, 1.165) is 34.9 Å². The Morgan fingerprint density at radius 2 is 2.24 bits per heavy atom. The smallest absolute Gasteiger partial charge is 0.328 e. The van der Waals surface area contributed by atoms with Gasteiger partial charge in [0.1, 0.15) is 0 Å². The number of rotatable bonds is 6. The van der Waals surface area contributed by atoms with Crippen molar-refractivity contribution in [3.8, 4) is 0 Å². The molecule has 1 heterocycles. The van der Waals surface area contributed by atoms with Gasteiger partial charge in [0.25, 0.3) is 0 Å². The molecule has 0 aliphatic carbocycles. The second-order valence-electron chi connectivity index (χ2n) is 4.47. The fraction of sp³-hybridized carbons (Fsp3) is 0.188. The minimum atomic E-state index is -0.946. The van der Waals surface area contributed by atoms with Crippen LogP contribution in [0.4, 0.5) is 5.69 Å². The molecule has 1 aromatic heterocycles. The molecular weight excluding hydrogens is 350 g/mol. The van der Waals surface area contributed by atoms with Crippen molar-refractivity contribution in [3.05, 3.63) is 56.7 Å². The van der Waals surface area contributed by atoms with E-state index in [1.807, 2.05) is 18.2 Å². The predicted octanol–water partition coefficient (Wildman–Crippen LogP) is 4.63. The Hall–Kier alpha value is -1.59. The van der Waals surface area contributed by atoms with E-state index in [1.54, 1.807) is 17.4 Å². The zero-order chi connectivity index (χ0) is 15.2. The van der Waals surface area contributed by atoms with E-state index in [0.29, 0.717) is 0 Å². The van der Waals surface area contributed by atoms with Gasteiger partial charge in [0.2, 0.25) is 0 Å². The number of aliphatic carboxylic acids is 1. The number of carboxylic acid groups (broad SMARTS) is 1. The van der Waals surface area contributed by atoms with Gasteiger partial charge in [-0.15, -0.1) is 11.3 Å². The Balaban J connectivity index is 2.19. The number of anilines is 1. The lowest BCUT2D eigenvalue weighted by Crippen LogP contribution is -2.21. The normalized spacial score (nSPS) is 11.0. The van der Waals surface area contributed by atoms with Crippen LogP contribution in [0.15, 0.2) is 46.3 Å². The molecule has 0 radical (unpaired) electrons. The first kappa shape index (κ1) is 15.8. The number of nitrogens with zero attached hydrogens (tertiary/aromatic N) is 1. The number of hydrogen-bond donors (Lipinski definition) is 1. The van der Waals surface area contributed by atoms with Crippen LogP contribution in [0.5, 0.6) is 0 Å². The van der Waals surface area contributed by atoms with Crippen LogP contribution >= 0.6 is 27.3 Å². The highest BCUT2D eigenvalue weighted by atomic mass is 79.9. The summed E-state index contributed by atoms with van der Waals surface area (Å²) in [5.74, 6) is -0.946. The summed E-state index contributed by atoms with van der Waals surface area (Å²) in [5.41, 5.74) is 1.97. The summed E-state index contributed by atoms with van der Waals surface area (Å²) < 4.78 is 0.891. The predicted molar refractivity (Wildman–Crippen MR) is 91.9 cm³/mol. The molecule has 0 amide bonds. The quantitative estimate of drug-likeness (QED) is 0.758. The summed E-state index contributed by atoms with van der Waals surface area (Å²) in [5, 5.41) is 10.8. The number of halogens is 1. The maximum Gasteiger partial charge on any atom is 0.328 e. The van der Waals surface area contributed by atoms with Gasteiger partial charge in [0.15, 0.2) is 0 Å². The third-order valence-corrected chi connectivity index (χ3v) is 4.61. The fourth-order valence-corrected chi connectivity index (χ4v) is 3.20. The van der Waals surface area contributed by atoms with Gasteiger partial charge in [0.05, 0.1) is 6.54 Å². The molecule has 0 aliphatic heterocycles. The number of carboxylic acids is 1. The lowest BCUT2D eigenvalue weighted by molar-refractivity contribution is -0.131. The Morgan fingerprint density at radius 1 is 1.43 bits per heavy atom. The highest BCUT2D eigenvalue weighted by molar-refractivity contribution is 9.10. The summed E-state index contributed by atoms with van der Waals surface area (Å²) in [6, 6.07) is 10.2. The molecule has 0 atom stereocenters. The maximum atomic E-state index is 10.6. The van der Waals surface area contributed by atoms with E-state index in [1.165, 1.54) is 4.88 Å². The van der Waals surface area contributed by atoms with Crippen molar-refractivity contribution in [2.24, 2.45) is 0 Å². The monoisotopic (exact) mass is 365 g/mol. The molecule has 0 saturated carbocycles. The van der Waals surface area contributed by atoms with Crippen LogP contribution in [-0.2, 0) is 11.3 Å². The van der Waals surface area contributed by atoms with Crippen LogP contribution in [-0.4, -0.2) is 17.6 Å². The van der Waals surface area contributed by atoms with Gasteiger partial charge in [-0.25, -0.2) is 4.79 Å². The summed E-state index contributed by atoms with van der Waals surface area (Å²) in [6.45, 7) is 3.92. The average Bonchev–Trinajstić information content (AvgIpc) is 2.96. The summed E-state index contributed by atoms with van der Waals surface area (Å²) in [7, 11) is 0. The first-order chi connectivity index (χ1) is 10.1. The average molecular weight is 366 g/mol. The Bertz CT molecular complexity index is 638. The first-order valence-electron chi connectivity index (χ1n) is 6.58. The SMILES string of the molecule is CCN(Cc1cccs1)c1ccc(/C=C/C(=O)O)c(Br)c1. The van der Waals surface area contributed by atoms with Crippen molar-refractivity contribution in [1.29, 1.82) is 0 Å². The second kappa shape index (κ2) is 7.43. The molecular formula is C16H16BrNO2S. The highest BCUT2D eigenvalue weighted by Gasteiger charge is 2.08. The molecule has 0 unspecified atom stereocenters. The topological polar surface area (TPSA) is 40.5 Å². The van der Waals surface area contributed by atoms with E-state index in [2.05, 4.69) is 45.3 Å². The standard InChI is InChI=1S/C16H16BrNO2S/c1-2-18(11-14-4-3-9-21-14)13-7-5-12(15(17)10-13)6-8-16(19)20/h3-10H,2,11H2,1H3,(H,19,20)/b8-6+. The lowest BCUT2D eigenvalue weighted by Gasteiger charge is -2.23. The molecule has 0 bridgehead atoms. The number of carbonyl (C=O) groups is 1. The Kier molecular flexibility index (Phi) is 5.59. The zero-order valence-corrected chi connectivity index (χ0v) is 14.0. The number of benzene rings is 1. The molecule has 5 heteroatoms. The summed E-state index contributed by atoms with van der Waals surface area (Å²) >= 11 is 5.25. The largest absolute Gasteiger partial charge is 0.478 e. The van der Waals surface area contributed by atoms with Crippen molar-refractivity contribution in [2.75, 3.05) is 11.4 Å². The van der Waals surface area contributed by atoms with Gasteiger partial charge >= 0.3 is 5.97 Å². The van der Waals surface area contributed by atoms with Gasteiger partial charge in [0, 0.05) is 27.7 Å². The minimum Gasteiger partial charge on any atom is -0.478 e. The third-order valence-electron chi connectivity index (χ3n) is 3.06. The fourth-order valence-electron chi connectivity index (χ4n) is 1.99. The van der Waals surface area contributed by atoms with Crippen LogP contribution in [0, 0.1) is 0 Å². The third kappa shape index (κ3) is 4.44. The van der Waals surface area contributed by atoms with E-state index < -0.39 is 5.97 Å². The molecule has 3 nitrogen and oxygen atoms in total. The molecule has 110 valence electrons. The number of hydrogen-bond acceptors (Lipinski definition) is 3. The highest BCUT2D eigenvalue weighted by Crippen LogP contribution is 2.26. The molecule has 0 spiro atoms. The van der Waals surface area contributed by atoms with E-state index in [-0.39, 0.29) is 0 Å². The molecule has 2 rings (SSSR count). The van der Waals surface area contributed by atoms with Gasteiger partial charge in [-0.1, -0.05) is 28.1 Å². The Morgan fingerprint density at radius 3 is 2.81 bits per heavy atom. The van der Waals surface area contributed by atoms with E-state index >= 15 is 0 Å². The summed E-state index contributed by atoms with van der Waals surface area (Å²) in [6.07, 6.45) is 2.73. The summed E-state index contributed by atoms with van der Waals surface area (Å²) in [4.78, 5) is 14.2. The van der Waals surface area contributed by atoms with Crippen LogP contribution in [0.3, 0.4) is 0 Å². The van der Waals surface area contributed by atoms with Gasteiger partial charge < -0.3 is 10.0 Å². The lowest BCUT2D eigenvalue weighted by atomic mass is 10.1. The molecule has 1 N–H and O–H groups in total. The second-order valence-corrected chi connectivity index (χ2v) is 6.36. The van der Waals surface area contributed by atoms with Crippen molar-refractivity contribution in [2.45, 2.75) is 13.5 Å². The first-order valence-corrected chi connectivity index (χ1v) is 8.25. The molecule has 1 aromatic carbocycles. The van der Waals surface area contributed by atoms with E-state index in [4.69, 9.17) is 5.11 Å². The number of thiophene rings is 1. The zero-order valence-electron chi connectivity index (χ0n) is 11.6. The maximum absolute atomic E-state index is 10.6. The van der Waals surface area contributed by atoms with Crippen molar-refractivity contribution >= 4 is 45.0 Å². The van der Waals surface area contributed by atoms with Crippen molar-refractivity contribution < 1.29 is 9.90 Å². The van der Waals surface area contributed by atoms with Gasteiger partial charge in [-0.2, -0.15) is 0 Å².